The number of benzene rings is 2. The first-order chi connectivity index (χ1) is 17.8. The van der Waals surface area contributed by atoms with E-state index in [2.05, 4.69) is 26.7 Å². The summed E-state index contributed by atoms with van der Waals surface area (Å²) in [7, 11) is 3.73. The molecule has 2 heterocycles. The Balaban J connectivity index is 1.58. The summed E-state index contributed by atoms with van der Waals surface area (Å²) in [6, 6.07) is 13.2. The third-order valence-electron chi connectivity index (χ3n) is 6.11. The average Bonchev–Trinajstić information content (AvgIpc) is 3.31. The molecule has 0 saturated heterocycles. The lowest BCUT2D eigenvalue weighted by Crippen LogP contribution is -2.36. The Morgan fingerprint density at radius 1 is 1.27 bits per heavy atom. The molecule has 3 aromatic rings. The normalized spacial score (nSPS) is 13.3. The van der Waals surface area contributed by atoms with E-state index in [9.17, 15) is 15.2 Å². The Morgan fingerprint density at radius 3 is 2.81 bits per heavy atom. The third-order valence-corrected chi connectivity index (χ3v) is 6.33. The summed E-state index contributed by atoms with van der Waals surface area (Å²) in [5, 5.41) is 25.9. The maximum absolute atomic E-state index is 12.7. The number of halogens is 1. The van der Waals surface area contributed by atoms with Gasteiger partial charge in [0.05, 0.1) is 29.2 Å². The van der Waals surface area contributed by atoms with E-state index in [0.717, 1.165) is 22.5 Å². The largest absolute Gasteiger partial charge is 0.396 e. The average molecular weight is 520 g/mol. The monoisotopic (exact) mass is 519 g/mol. The maximum atomic E-state index is 12.7. The number of nitrogens with zero attached hydrogens (tertiary/aromatic N) is 5. The van der Waals surface area contributed by atoms with Gasteiger partial charge in [-0.25, -0.2) is 9.97 Å². The number of amides is 1. The van der Waals surface area contributed by atoms with Crippen molar-refractivity contribution in [1.82, 2.24) is 14.9 Å². The van der Waals surface area contributed by atoms with Crippen LogP contribution in [0.15, 0.2) is 42.6 Å². The Kier molecular flexibility index (Phi) is 8.24. The summed E-state index contributed by atoms with van der Waals surface area (Å²) in [6.45, 7) is 3.47. The molecule has 1 unspecified atom stereocenters. The zero-order valence-corrected chi connectivity index (χ0v) is 21.9. The van der Waals surface area contributed by atoms with Crippen LogP contribution >= 0.6 is 11.6 Å². The molecule has 0 bridgehead atoms. The van der Waals surface area contributed by atoms with Crippen LogP contribution in [0.25, 0.3) is 11.3 Å². The molecule has 192 valence electrons. The summed E-state index contributed by atoms with van der Waals surface area (Å²) in [5.41, 5.74) is 5.19. The molecule has 1 aliphatic rings. The van der Waals surface area contributed by atoms with Crippen molar-refractivity contribution in [1.29, 1.82) is 5.26 Å². The number of anilines is 4. The minimum atomic E-state index is 0.0206. The van der Waals surface area contributed by atoms with Gasteiger partial charge in [-0.15, -0.1) is 0 Å². The van der Waals surface area contributed by atoms with Gasteiger partial charge >= 0.3 is 0 Å². The number of nitrogens with one attached hydrogen (secondary N) is 2. The van der Waals surface area contributed by atoms with Gasteiger partial charge in [-0.3, -0.25) is 4.79 Å². The van der Waals surface area contributed by atoms with Gasteiger partial charge < -0.3 is 25.5 Å². The van der Waals surface area contributed by atoms with Crippen molar-refractivity contribution in [2.75, 3.05) is 55.9 Å². The topological polar surface area (TPSA) is 117 Å². The molecule has 9 nitrogen and oxygen atoms in total. The van der Waals surface area contributed by atoms with Gasteiger partial charge in [-0.05, 0) is 56.8 Å². The van der Waals surface area contributed by atoms with Crippen LogP contribution in [-0.4, -0.2) is 66.2 Å². The van der Waals surface area contributed by atoms with Crippen molar-refractivity contribution in [3.63, 3.8) is 0 Å². The van der Waals surface area contributed by atoms with Gasteiger partial charge in [0, 0.05) is 47.7 Å². The number of aliphatic hydroxyl groups excluding tert-OH is 1. The van der Waals surface area contributed by atoms with Crippen LogP contribution < -0.4 is 15.5 Å². The quantitative estimate of drug-likeness (QED) is 0.389. The van der Waals surface area contributed by atoms with Crippen molar-refractivity contribution in [2.24, 2.45) is 5.92 Å². The third kappa shape index (κ3) is 6.17. The predicted molar refractivity (Wildman–Crippen MR) is 146 cm³/mol. The van der Waals surface area contributed by atoms with E-state index in [1.165, 1.54) is 0 Å². The van der Waals surface area contributed by atoms with Crippen molar-refractivity contribution < 1.29 is 9.90 Å². The zero-order valence-electron chi connectivity index (χ0n) is 21.1. The SMILES string of the molecule is CC(CO)CNc1ccc(-c2ccnc(Nc3cc(Cl)cc4c3CCN4C(=O)CN(C)C)n2)cc1C#N. The van der Waals surface area contributed by atoms with Crippen LogP contribution in [0.3, 0.4) is 0 Å². The van der Waals surface area contributed by atoms with Gasteiger partial charge in [-0.1, -0.05) is 24.6 Å². The highest BCUT2D eigenvalue weighted by Crippen LogP contribution is 2.38. The van der Waals surface area contributed by atoms with Gasteiger partial charge in [0.2, 0.25) is 11.9 Å². The van der Waals surface area contributed by atoms with E-state index in [1.54, 1.807) is 23.2 Å². The Labute approximate surface area is 221 Å². The number of likely N-dealkylation sites (N-methyl/N-ethyl adjacent to an activating group) is 1. The number of aromatic nitrogens is 2. The van der Waals surface area contributed by atoms with Crippen molar-refractivity contribution in [3.05, 3.63) is 58.7 Å². The number of hydrogen-bond acceptors (Lipinski definition) is 8. The zero-order chi connectivity index (χ0) is 26.5. The number of fused-ring (bicyclic) bond motifs is 1. The van der Waals surface area contributed by atoms with Crippen molar-refractivity contribution >= 4 is 40.5 Å². The first-order valence-electron chi connectivity index (χ1n) is 12.1. The molecule has 3 N–H and O–H groups in total. The number of carbonyl (C=O) groups is 1. The Hall–Kier alpha value is -3.71. The molecule has 0 aliphatic carbocycles. The van der Waals surface area contributed by atoms with E-state index in [4.69, 9.17) is 11.6 Å². The summed E-state index contributed by atoms with van der Waals surface area (Å²) in [6.07, 6.45) is 2.35. The lowest BCUT2D eigenvalue weighted by Gasteiger charge is -2.20. The molecule has 0 spiro atoms. The van der Waals surface area contributed by atoms with Gasteiger partial charge in [0.1, 0.15) is 6.07 Å². The molecular weight excluding hydrogens is 490 g/mol. The fraction of sp³-hybridized carbons (Fsp3) is 0.333. The lowest BCUT2D eigenvalue weighted by molar-refractivity contribution is -0.119. The van der Waals surface area contributed by atoms with Crippen molar-refractivity contribution in [3.8, 4) is 17.3 Å². The fourth-order valence-electron chi connectivity index (χ4n) is 4.20. The van der Waals surface area contributed by atoms with E-state index in [1.807, 2.05) is 50.2 Å². The van der Waals surface area contributed by atoms with Crippen LogP contribution in [0.5, 0.6) is 0 Å². The predicted octanol–water partition coefficient (Wildman–Crippen LogP) is 3.90. The minimum absolute atomic E-state index is 0.0206. The van der Waals surface area contributed by atoms with Crippen LogP contribution in [0.1, 0.15) is 18.1 Å². The molecule has 0 radical (unpaired) electrons. The standard InChI is InChI=1S/C27H30ClN7O2/c1-17(16-36)14-31-22-5-4-18(10-19(22)13-29)23-6-8-30-27(32-23)33-24-11-20(28)12-25-21(24)7-9-35(25)26(37)15-34(2)3/h4-6,8,10-12,17,31,36H,7,9,14-16H2,1-3H3,(H,30,32,33). The molecular formula is C27H30ClN7O2. The highest BCUT2D eigenvalue weighted by atomic mass is 35.5. The van der Waals surface area contributed by atoms with E-state index >= 15 is 0 Å². The number of carbonyl (C=O) groups excluding carboxylic acids is 1. The lowest BCUT2D eigenvalue weighted by atomic mass is 10.1. The number of rotatable bonds is 9. The molecule has 0 saturated carbocycles. The number of nitriles is 1. The first-order valence-corrected chi connectivity index (χ1v) is 12.4. The van der Waals surface area contributed by atoms with E-state index < -0.39 is 0 Å². The smallest absolute Gasteiger partial charge is 0.241 e. The highest BCUT2D eigenvalue weighted by molar-refractivity contribution is 6.31. The number of hydrogen-bond donors (Lipinski definition) is 3. The molecule has 10 heteroatoms. The van der Waals surface area contributed by atoms with Crippen LogP contribution in [0, 0.1) is 17.2 Å². The summed E-state index contributed by atoms with van der Waals surface area (Å²) in [4.78, 5) is 25.4. The van der Waals surface area contributed by atoms with Crippen LogP contribution in [0.2, 0.25) is 5.02 Å². The van der Waals surface area contributed by atoms with E-state index in [0.29, 0.717) is 54.0 Å². The second-order valence-corrected chi connectivity index (χ2v) is 9.85. The van der Waals surface area contributed by atoms with Gasteiger partial charge in [-0.2, -0.15) is 5.26 Å². The van der Waals surface area contributed by atoms with Crippen LogP contribution in [0.4, 0.5) is 23.0 Å². The number of aliphatic hydroxyl groups is 1. The molecule has 1 atom stereocenters. The molecule has 37 heavy (non-hydrogen) atoms. The molecule has 0 fully saturated rings. The van der Waals surface area contributed by atoms with Gasteiger partial charge in [0.15, 0.2) is 0 Å². The molecule has 1 aliphatic heterocycles. The summed E-state index contributed by atoms with van der Waals surface area (Å²) in [5.74, 6) is 0.484. The second-order valence-electron chi connectivity index (χ2n) is 9.42. The molecule has 2 aromatic carbocycles. The minimum Gasteiger partial charge on any atom is -0.396 e. The van der Waals surface area contributed by atoms with Crippen molar-refractivity contribution in [2.45, 2.75) is 13.3 Å². The summed E-state index contributed by atoms with van der Waals surface area (Å²) >= 11 is 6.42. The molecule has 4 rings (SSSR count). The summed E-state index contributed by atoms with van der Waals surface area (Å²) < 4.78 is 0. The molecule has 1 amide bonds. The van der Waals surface area contributed by atoms with Crippen LogP contribution in [-0.2, 0) is 11.2 Å². The maximum Gasteiger partial charge on any atom is 0.241 e. The van der Waals surface area contributed by atoms with E-state index in [-0.39, 0.29) is 18.4 Å². The Bertz CT molecular complexity index is 1340. The fourth-order valence-corrected chi connectivity index (χ4v) is 4.41. The first kappa shape index (κ1) is 26.4. The second kappa shape index (κ2) is 11.6. The Morgan fingerprint density at radius 2 is 2.08 bits per heavy atom. The molecule has 1 aromatic heterocycles. The van der Waals surface area contributed by atoms with Gasteiger partial charge in [0.25, 0.3) is 0 Å². The highest BCUT2D eigenvalue weighted by Gasteiger charge is 2.28.